The maximum Gasteiger partial charge on any atom is 0.335 e. The molecule has 2 aromatic rings. The highest BCUT2D eigenvalue weighted by molar-refractivity contribution is 6.06. The summed E-state index contributed by atoms with van der Waals surface area (Å²) in [5.74, 6) is 0.234. The topological polar surface area (TPSA) is 40.3 Å². The highest BCUT2D eigenvalue weighted by Crippen LogP contribution is 2.47. The molecule has 2 aromatic carbocycles. The van der Waals surface area contributed by atoms with E-state index in [0.29, 0.717) is 17.4 Å². The molecular formula is C24H26NO2+. The summed E-state index contributed by atoms with van der Waals surface area (Å²) in [5.41, 5.74) is 7.15. The zero-order valence-electron chi connectivity index (χ0n) is 15.7. The van der Waals surface area contributed by atoms with Crippen LogP contribution in [-0.4, -0.2) is 27.9 Å². The molecule has 3 aliphatic rings. The summed E-state index contributed by atoms with van der Waals surface area (Å²) in [5, 5.41) is 9.51. The van der Waals surface area contributed by atoms with Gasteiger partial charge < -0.3 is 5.11 Å². The van der Waals surface area contributed by atoms with Crippen molar-refractivity contribution in [2.75, 3.05) is 6.54 Å². The van der Waals surface area contributed by atoms with E-state index in [0.717, 1.165) is 25.1 Å². The van der Waals surface area contributed by atoms with Crippen LogP contribution in [0.3, 0.4) is 0 Å². The molecule has 0 radical (unpaired) electrons. The van der Waals surface area contributed by atoms with Crippen LogP contribution < -0.4 is 0 Å². The Kier molecular flexibility index (Phi) is 4.11. The lowest BCUT2D eigenvalue weighted by atomic mass is 9.73. The van der Waals surface area contributed by atoms with Gasteiger partial charge in [0.1, 0.15) is 6.54 Å². The van der Waals surface area contributed by atoms with E-state index in [2.05, 4.69) is 34.9 Å². The van der Waals surface area contributed by atoms with Crippen LogP contribution in [0.15, 0.2) is 42.5 Å². The molecule has 5 rings (SSSR count). The van der Waals surface area contributed by atoms with Crippen LogP contribution in [0.25, 0.3) is 0 Å². The highest BCUT2D eigenvalue weighted by atomic mass is 16.4. The second-order valence-electron chi connectivity index (χ2n) is 8.25. The van der Waals surface area contributed by atoms with Crippen molar-refractivity contribution in [3.63, 3.8) is 0 Å². The second kappa shape index (κ2) is 6.63. The van der Waals surface area contributed by atoms with Crippen LogP contribution in [0.2, 0.25) is 0 Å². The Hall–Kier alpha value is -2.42. The highest BCUT2D eigenvalue weighted by Gasteiger charge is 2.45. The number of rotatable bonds is 2. The molecule has 138 valence electrons. The lowest BCUT2D eigenvalue weighted by molar-refractivity contribution is -0.437. The van der Waals surface area contributed by atoms with Crippen LogP contribution in [0.1, 0.15) is 71.5 Å². The molecule has 1 atom stereocenters. The van der Waals surface area contributed by atoms with Crippen molar-refractivity contribution in [3.05, 3.63) is 64.7 Å². The Morgan fingerprint density at radius 3 is 2.63 bits per heavy atom. The Balaban J connectivity index is 1.73. The molecule has 0 saturated heterocycles. The molecule has 2 aliphatic heterocycles. The van der Waals surface area contributed by atoms with Crippen LogP contribution in [0.4, 0.5) is 5.69 Å². The number of aryl methyl sites for hydroxylation is 1. The van der Waals surface area contributed by atoms with Crippen LogP contribution in [0, 0.1) is 5.92 Å². The van der Waals surface area contributed by atoms with Crippen molar-refractivity contribution in [1.29, 1.82) is 0 Å². The third kappa shape index (κ3) is 2.72. The standard InChI is InChI=1S/C24H25NO2/c26-24(27)18-12-13-20-21(15-18)25-14-6-10-16-7-4-5-11-19(16)23(25)22(20)17-8-2-1-3-9-17/h4-5,7,11-13,15,17,22H,1-3,6,8-10,14H2/p+1. The van der Waals surface area contributed by atoms with E-state index in [4.69, 9.17) is 0 Å². The average molecular weight is 360 g/mol. The van der Waals surface area contributed by atoms with Crippen molar-refractivity contribution in [3.8, 4) is 0 Å². The zero-order valence-corrected chi connectivity index (χ0v) is 15.7. The van der Waals surface area contributed by atoms with Gasteiger partial charge in [-0.2, -0.15) is 4.58 Å². The van der Waals surface area contributed by atoms with Gasteiger partial charge in [-0.05, 0) is 42.9 Å². The summed E-state index contributed by atoms with van der Waals surface area (Å²) in [4.78, 5) is 11.6. The first-order valence-electron chi connectivity index (χ1n) is 10.3. The van der Waals surface area contributed by atoms with Crippen molar-refractivity contribution in [2.45, 2.75) is 50.9 Å². The predicted molar refractivity (Wildman–Crippen MR) is 106 cm³/mol. The van der Waals surface area contributed by atoms with Gasteiger partial charge in [0.15, 0.2) is 5.71 Å². The number of hydrogen-bond acceptors (Lipinski definition) is 1. The summed E-state index contributed by atoms with van der Waals surface area (Å²) in [7, 11) is 0. The molecule has 1 fully saturated rings. The smallest absolute Gasteiger partial charge is 0.335 e. The number of fused-ring (bicyclic) bond motifs is 4. The van der Waals surface area contributed by atoms with Crippen molar-refractivity contribution < 1.29 is 14.5 Å². The summed E-state index contributed by atoms with van der Waals surface area (Å²) in [6.07, 6.45) is 8.76. The van der Waals surface area contributed by atoms with Crippen molar-refractivity contribution in [1.82, 2.24) is 0 Å². The average Bonchev–Trinajstić information content (AvgIpc) is 2.90. The summed E-state index contributed by atoms with van der Waals surface area (Å²) < 4.78 is 2.45. The monoisotopic (exact) mass is 360 g/mol. The Labute approximate surface area is 160 Å². The van der Waals surface area contributed by atoms with Gasteiger partial charge in [0.2, 0.25) is 5.69 Å². The Morgan fingerprint density at radius 1 is 1.00 bits per heavy atom. The molecule has 1 N–H and O–H groups in total. The number of benzene rings is 2. The van der Waals surface area contributed by atoms with Gasteiger partial charge in [0.05, 0.1) is 11.5 Å². The van der Waals surface area contributed by atoms with E-state index in [1.165, 1.54) is 54.5 Å². The minimum Gasteiger partial charge on any atom is -0.478 e. The number of carboxylic acid groups (broad SMARTS) is 1. The summed E-state index contributed by atoms with van der Waals surface area (Å²) in [6, 6.07) is 14.7. The van der Waals surface area contributed by atoms with Crippen molar-refractivity contribution >= 4 is 17.4 Å². The lowest BCUT2D eigenvalue weighted by Crippen LogP contribution is -2.25. The van der Waals surface area contributed by atoms with Crippen LogP contribution in [0.5, 0.6) is 0 Å². The maximum atomic E-state index is 11.6. The minimum atomic E-state index is -0.837. The predicted octanol–water partition coefficient (Wildman–Crippen LogP) is 5.14. The van der Waals surface area contributed by atoms with E-state index in [9.17, 15) is 9.90 Å². The van der Waals surface area contributed by atoms with E-state index >= 15 is 0 Å². The van der Waals surface area contributed by atoms with Gasteiger partial charge in [0, 0.05) is 23.6 Å². The summed E-state index contributed by atoms with van der Waals surface area (Å²) >= 11 is 0. The normalized spacial score (nSPS) is 22.0. The van der Waals surface area contributed by atoms with Gasteiger partial charge >= 0.3 is 5.97 Å². The quantitative estimate of drug-likeness (QED) is 0.753. The fraction of sp³-hybridized carbons (Fsp3) is 0.417. The third-order valence-electron chi connectivity index (χ3n) is 6.73. The molecule has 1 aliphatic carbocycles. The van der Waals surface area contributed by atoms with E-state index in [1.807, 2.05) is 6.07 Å². The van der Waals surface area contributed by atoms with Gasteiger partial charge in [-0.15, -0.1) is 0 Å². The molecule has 3 nitrogen and oxygen atoms in total. The molecule has 2 heterocycles. The molecule has 1 saturated carbocycles. The first kappa shape index (κ1) is 16.7. The van der Waals surface area contributed by atoms with Gasteiger partial charge in [-0.1, -0.05) is 43.5 Å². The maximum absolute atomic E-state index is 11.6. The minimum absolute atomic E-state index is 0.398. The van der Waals surface area contributed by atoms with Crippen molar-refractivity contribution in [2.24, 2.45) is 5.92 Å². The van der Waals surface area contributed by atoms with Gasteiger partial charge in [-0.25, -0.2) is 4.79 Å². The molecule has 1 unspecified atom stereocenters. The molecule has 0 bridgehead atoms. The Bertz CT molecular complexity index is 937. The van der Waals surface area contributed by atoms with E-state index in [1.54, 1.807) is 6.07 Å². The van der Waals surface area contributed by atoms with Gasteiger partial charge in [-0.3, -0.25) is 0 Å². The van der Waals surface area contributed by atoms with Gasteiger partial charge in [0.25, 0.3) is 0 Å². The molecule has 27 heavy (non-hydrogen) atoms. The first-order valence-corrected chi connectivity index (χ1v) is 10.3. The number of carboxylic acids is 1. The molecule has 0 spiro atoms. The summed E-state index contributed by atoms with van der Waals surface area (Å²) in [6.45, 7) is 0.976. The Morgan fingerprint density at radius 2 is 1.81 bits per heavy atom. The second-order valence-corrected chi connectivity index (χ2v) is 8.25. The number of nitrogens with zero attached hydrogens (tertiary/aromatic N) is 1. The number of aromatic carboxylic acids is 1. The number of carbonyl (C=O) groups is 1. The van der Waals surface area contributed by atoms with Crippen LogP contribution in [-0.2, 0) is 6.42 Å². The SMILES string of the molecule is O=C(O)c1ccc2c(c1)[N+]1=C(c3ccccc3CCC1)C2C1CCCCC1. The largest absolute Gasteiger partial charge is 0.478 e. The van der Waals surface area contributed by atoms with E-state index in [-0.39, 0.29) is 0 Å². The molecule has 0 aromatic heterocycles. The zero-order chi connectivity index (χ0) is 18.4. The molecular weight excluding hydrogens is 334 g/mol. The lowest BCUT2D eigenvalue weighted by Gasteiger charge is -2.27. The third-order valence-corrected chi connectivity index (χ3v) is 6.73. The van der Waals surface area contributed by atoms with Crippen LogP contribution >= 0.6 is 0 Å². The van der Waals surface area contributed by atoms with E-state index < -0.39 is 5.97 Å². The fourth-order valence-corrected chi connectivity index (χ4v) is 5.53. The molecule has 0 amide bonds. The first-order chi connectivity index (χ1) is 13.2. The fourth-order valence-electron chi connectivity index (χ4n) is 5.53. The molecule has 3 heteroatoms. The number of hydrogen-bond donors (Lipinski definition) is 1.